The predicted octanol–water partition coefficient (Wildman–Crippen LogP) is 2.08. The van der Waals surface area contributed by atoms with Crippen molar-refractivity contribution in [3.8, 4) is 0 Å². The lowest BCUT2D eigenvalue weighted by molar-refractivity contribution is -0.141. The molecule has 0 atom stereocenters. The van der Waals surface area contributed by atoms with Crippen molar-refractivity contribution in [3.63, 3.8) is 0 Å². The minimum Gasteiger partial charge on any atom is -0.457 e. The van der Waals surface area contributed by atoms with Gasteiger partial charge in [0.25, 0.3) is 0 Å². The molecular formula is C16H15FN2O3. The van der Waals surface area contributed by atoms with Crippen LogP contribution in [0.1, 0.15) is 21.5 Å². The molecule has 1 aromatic heterocycles. The van der Waals surface area contributed by atoms with Gasteiger partial charge in [0, 0.05) is 6.20 Å². The number of nitrogens with zero attached hydrogens (tertiary/aromatic N) is 1. The summed E-state index contributed by atoms with van der Waals surface area (Å²) in [5.41, 5.74) is 6.74. The summed E-state index contributed by atoms with van der Waals surface area (Å²) < 4.78 is 18.5. The van der Waals surface area contributed by atoms with Crippen molar-refractivity contribution in [2.45, 2.75) is 13.3 Å². The van der Waals surface area contributed by atoms with E-state index < -0.39 is 24.2 Å². The maximum atomic E-state index is 13.6. The van der Waals surface area contributed by atoms with Gasteiger partial charge in [-0.3, -0.25) is 9.59 Å². The second kappa shape index (κ2) is 6.80. The summed E-state index contributed by atoms with van der Waals surface area (Å²) in [6.07, 6.45) is 1.22. The number of benzene rings is 1. The molecule has 0 aliphatic rings. The zero-order valence-corrected chi connectivity index (χ0v) is 12.0. The molecule has 2 rings (SSSR count). The number of nitrogens with two attached hydrogens (primary N) is 1. The first-order valence-electron chi connectivity index (χ1n) is 6.61. The highest BCUT2D eigenvalue weighted by Crippen LogP contribution is 2.12. The quantitative estimate of drug-likeness (QED) is 0.675. The molecule has 2 aromatic rings. The highest BCUT2D eigenvalue weighted by molar-refractivity contribution is 6.01. The Labute approximate surface area is 126 Å². The Kier molecular flexibility index (Phi) is 4.83. The van der Waals surface area contributed by atoms with Crippen molar-refractivity contribution in [1.82, 2.24) is 4.98 Å². The van der Waals surface area contributed by atoms with Gasteiger partial charge in [0.05, 0.1) is 12.0 Å². The van der Waals surface area contributed by atoms with Gasteiger partial charge in [-0.05, 0) is 36.2 Å². The number of hydrogen-bond donors (Lipinski definition) is 1. The molecule has 0 saturated heterocycles. The number of esters is 1. The predicted molar refractivity (Wildman–Crippen MR) is 78.8 cm³/mol. The zero-order chi connectivity index (χ0) is 16.1. The van der Waals surface area contributed by atoms with E-state index in [1.807, 2.05) is 0 Å². The fourth-order valence-electron chi connectivity index (χ4n) is 1.88. The Balaban J connectivity index is 1.93. The number of nitrogen functional groups attached to an aromatic ring is 1. The van der Waals surface area contributed by atoms with E-state index in [0.717, 1.165) is 5.56 Å². The topological polar surface area (TPSA) is 82.3 Å². The number of anilines is 1. The van der Waals surface area contributed by atoms with Gasteiger partial charge < -0.3 is 10.5 Å². The number of carbonyl (C=O) groups excluding carboxylic acids is 2. The van der Waals surface area contributed by atoms with Gasteiger partial charge in [0.15, 0.2) is 6.61 Å². The summed E-state index contributed by atoms with van der Waals surface area (Å²) in [7, 11) is 0. The Morgan fingerprint density at radius 3 is 2.77 bits per heavy atom. The normalized spacial score (nSPS) is 10.3. The number of carbonyl (C=O) groups is 2. The third-order valence-corrected chi connectivity index (χ3v) is 3.05. The van der Waals surface area contributed by atoms with E-state index >= 15 is 0 Å². The molecule has 0 aliphatic heterocycles. The highest BCUT2D eigenvalue weighted by atomic mass is 19.1. The van der Waals surface area contributed by atoms with Gasteiger partial charge in [0.1, 0.15) is 11.6 Å². The number of pyridine rings is 1. The number of hydrogen-bond acceptors (Lipinski definition) is 5. The molecule has 22 heavy (non-hydrogen) atoms. The van der Waals surface area contributed by atoms with Crippen molar-refractivity contribution in [3.05, 3.63) is 59.0 Å². The van der Waals surface area contributed by atoms with E-state index in [9.17, 15) is 14.0 Å². The summed E-state index contributed by atoms with van der Waals surface area (Å²) in [4.78, 5) is 27.3. The van der Waals surface area contributed by atoms with Gasteiger partial charge in [-0.1, -0.05) is 12.1 Å². The highest BCUT2D eigenvalue weighted by Gasteiger charge is 2.14. The molecule has 1 heterocycles. The number of Topliss-reactive ketones (excluding diaryl/α,β-unsaturated/α-hetero) is 1. The molecule has 0 aliphatic carbocycles. The second-order valence-corrected chi connectivity index (χ2v) is 4.79. The Bertz CT molecular complexity index is 716. The molecular weight excluding hydrogens is 287 g/mol. The number of aryl methyl sites for hydroxylation is 1. The molecule has 0 amide bonds. The number of ketones is 1. The molecule has 0 unspecified atom stereocenters. The lowest BCUT2D eigenvalue weighted by Gasteiger charge is -2.07. The van der Waals surface area contributed by atoms with Gasteiger partial charge in [-0.2, -0.15) is 0 Å². The first kappa shape index (κ1) is 15.6. The lowest BCUT2D eigenvalue weighted by Crippen LogP contribution is -2.17. The number of rotatable bonds is 5. The number of halogens is 1. The van der Waals surface area contributed by atoms with Crippen molar-refractivity contribution in [2.24, 2.45) is 0 Å². The first-order valence-corrected chi connectivity index (χ1v) is 6.61. The lowest BCUT2D eigenvalue weighted by atomic mass is 10.1. The largest absolute Gasteiger partial charge is 0.457 e. The Hall–Kier alpha value is -2.76. The third kappa shape index (κ3) is 3.88. The summed E-state index contributed by atoms with van der Waals surface area (Å²) in [5, 5.41) is 0. The van der Waals surface area contributed by atoms with E-state index in [-0.39, 0.29) is 23.4 Å². The second-order valence-electron chi connectivity index (χ2n) is 4.79. The van der Waals surface area contributed by atoms with E-state index in [4.69, 9.17) is 10.5 Å². The summed E-state index contributed by atoms with van der Waals surface area (Å²) in [6, 6.07) is 7.62. The molecule has 114 valence electrons. The molecule has 6 heteroatoms. The van der Waals surface area contributed by atoms with Crippen LogP contribution in [0.15, 0.2) is 36.5 Å². The average Bonchev–Trinajstić information content (AvgIpc) is 2.48. The van der Waals surface area contributed by atoms with Crippen LogP contribution in [0.25, 0.3) is 0 Å². The molecule has 0 radical (unpaired) electrons. The van der Waals surface area contributed by atoms with Gasteiger partial charge in [-0.15, -0.1) is 0 Å². The van der Waals surface area contributed by atoms with Crippen LogP contribution in [0.2, 0.25) is 0 Å². The molecule has 0 fully saturated rings. The van der Waals surface area contributed by atoms with E-state index in [1.54, 1.807) is 19.1 Å². The van der Waals surface area contributed by atoms with Crippen LogP contribution >= 0.6 is 0 Å². The molecule has 5 nitrogen and oxygen atoms in total. The summed E-state index contributed by atoms with van der Waals surface area (Å²) in [5.74, 6) is -1.53. The number of ether oxygens (including phenoxy) is 1. The monoisotopic (exact) mass is 302 g/mol. The Morgan fingerprint density at radius 2 is 2.09 bits per heavy atom. The summed E-state index contributed by atoms with van der Waals surface area (Å²) >= 11 is 0. The van der Waals surface area contributed by atoms with Crippen molar-refractivity contribution in [1.29, 1.82) is 0 Å². The van der Waals surface area contributed by atoms with Crippen molar-refractivity contribution >= 4 is 17.6 Å². The van der Waals surface area contributed by atoms with Crippen molar-refractivity contribution < 1.29 is 18.7 Å². The van der Waals surface area contributed by atoms with Gasteiger partial charge in [-0.25, -0.2) is 9.37 Å². The van der Waals surface area contributed by atoms with Crippen LogP contribution in [0.4, 0.5) is 10.2 Å². The van der Waals surface area contributed by atoms with Crippen LogP contribution < -0.4 is 5.73 Å². The van der Waals surface area contributed by atoms with E-state index in [2.05, 4.69) is 4.98 Å². The molecule has 0 bridgehead atoms. The van der Waals surface area contributed by atoms with Crippen LogP contribution in [0.3, 0.4) is 0 Å². The fraction of sp³-hybridized carbons (Fsp3) is 0.188. The van der Waals surface area contributed by atoms with E-state index in [1.165, 1.54) is 24.4 Å². The first-order chi connectivity index (χ1) is 10.5. The van der Waals surface area contributed by atoms with Crippen molar-refractivity contribution in [2.75, 3.05) is 12.3 Å². The SMILES string of the molecule is Cc1ccc(CC(=O)OCC(=O)c2cccnc2N)c(F)c1. The minimum atomic E-state index is -0.682. The Morgan fingerprint density at radius 1 is 1.32 bits per heavy atom. The third-order valence-electron chi connectivity index (χ3n) is 3.05. The molecule has 0 spiro atoms. The van der Waals surface area contributed by atoms with Crippen LogP contribution in [-0.4, -0.2) is 23.3 Å². The molecule has 0 saturated carbocycles. The minimum absolute atomic E-state index is 0.0770. The molecule has 2 N–H and O–H groups in total. The maximum absolute atomic E-state index is 13.6. The maximum Gasteiger partial charge on any atom is 0.310 e. The standard InChI is InChI=1S/C16H15FN2O3/c1-10-4-5-11(13(17)7-10)8-15(21)22-9-14(20)12-3-2-6-19-16(12)18/h2-7H,8-9H2,1H3,(H2,18,19). The molecule has 1 aromatic carbocycles. The average molecular weight is 302 g/mol. The zero-order valence-electron chi connectivity index (χ0n) is 12.0. The van der Waals surface area contributed by atoms with Gasteiger partial charge in [0.2, 0.25) is 5.78 Å². The van der Waals surface area contributed by atoms with Crippen LogP contribution in [0, 0.1) is 12.7 Å². The van der Waals surface area contributed by atoms with Gasteiger partial charge >= 0.3 is 5.97 Å². The van der Waals surface area contributed by atoms with Crippen LogP contribution in [0.5, 0.6) is 0 Å². The number of aromatic nitrogens is 1. The van der Waals surface area contributed by atoms with E-state index in [0.29, 0.717) is 0 Å². The summed E-state index contributed by atoms with van der Waals surface area (Å²) in [6.45, 7) is 1.30. The van der Waals surface area contributed by atoms with Crippen LogP contribution in [-0.2, 0) is 16.0 Å². The smallest absolute Gasteiger partial charge is 0.310 e. The fourth-order valence-corrected chi connectivity index (χ4v) is 1.88.